The van der Waals surface area contributed by atoms with E-state index >= 15 is 0 Å². The minimum Gasteiger partial charge on any atom is -0.348 e. The van der Waals surface area contributed by atoms with Crippen molar-refractivity contribution in [2.24, 2.45) is 5.10 Å². The Bertz CT molecular complexity index is 1030. The first-order chi connectivity index (χ1) is 15.3. The summed E-state index contributed by atoms with van der Waals surface area (Å²) in [5.74, 6) is 0.716. The van der Waals surface area contributed by atoms with Gasteiger partial charge in [0.25, 0.3) is 0 Å². The molecule has 2 aromatic rings. The number of nitrogens with one attached hydrogen (secondary N) is 1. The second-order valence-corrected chi connectivity index (χ2v) is 9.78. The van der Waals surface area contributed by atoms with Gasteiger partial charge in [0, 0.05) is 69.4 Å². The Morgan fingerprint density at radius 3 is 2.87 bits per heavy atom. The van der Waals surface area contributed by atoms with E-state index in [1.54, 1.807) is 11.3 Å². The molecule has 2 unspecified atom stereocenters. The van der Waals surface area contributed by atoms with Gasteiger partial charge in [-0.1, -0.05) is 31.4 Å². The molecule has 2 aliphatic carbocycles. The molecule has 2 aliphatic heterocycles. The molecule has 4 aliphatic rings. The van der Waals surface area contributed by atoms with Crippen LogP contribution in [0.15, 0.2) is 29.6 Å². The van der Waals surface area contributed by atoms with Crippen molar-refractivity contribution in [3.63, 3.8) is 0 Å². The molecule has 0 aromatic carbocycles. The van der Waals surface area contributed by atoms with Crippen molar-refractivity contribution in [3.8, 4) is 0 Å². The van der Waals surface area contributed by atoms with Crippen LogP contribution in [0.3, 0.4) is 0 Å². The maximum atomic E-state index is 4.92. The van der Waals surface area contributed by atoms with Crippen LogP contribution in [0.25, 0.3) is 6.08 Å². The van der Waals surface area contributed by atoms with Gasteiger partial charge in [-0.15, -0.1) is 0 Å². The molecule has 1 saturated carbocycles. The normalized spacial score (nSPS) is 25.6. The van der Waals surface area contributed by atoms with Crippen LogP contribution in [0.5, 0.6) is 0 Å². The third-order valence-corrected chi connectivity index (χ3v) is 7.79. The Balaban J connectivity index is 1.37. The number of pyridine rings is 1. The van der Waals surface area contributed by atoms with E-state index in [0.29, 0.717) is 17.9 Å². The van der Waals surface area contributed by atoms with Crippen LogP contribution in [0, 0.1) is 0 Å². The van der Waals surface area contributed by atoms with Gasteiger partial charge in [-0.2, -0.15) is 5.10 Å². The zero-order valence-electron chi connectivity index (χ0n) is 18.6. The van der Waals surface area contributed by atoms with Crippen molar-refractivity contribution in [2.75, 3.05) is 20.1 Å². The first-order valence-electron chi connectivity index (χ1n) is 12.1. The highest BCUT2D eigenvalue weighted by atomic mass is 15.4. The van der Waals surface area contributed by atoms with Gasteiger partial charge in [-0.05, 0) is 47.6 Å². The van der Waals surface area contributed by atoms with Gasteiger partial charge >= 0.3 is 0 Å². The number of fused-ring (bicyclic) bond motifs is 2. The first-order valence-corrected chi connectivity index (χ1v) is 12.1. The fourth-order valence-electron chi connectivity index (χ4n) is 6.15. The highest BCUT2D eigenvalue weighted by Crippen LogP contribution is 2.41. The molecular weight excluding hydrogens is 382 g/mol. The number of hydrogen-bond acceptors (Lipinski definition) is 4. The van der Waals surface area contributed by atoms with E-state index in [0.717, 1.165) is 38.2 Å². The Kier molecular flexibility index (Phi) is 4.94. The lowest BCUT2D eigenvalue weighted by molar-refractivity contribution is 0.344. The molecule has 0 spiro atoms. The minimum absolute atomic E-state index is 0.299. The fourth-order valence-corrected chi connectivity index (χ4v) is 6.15. The van der Waals surface area contributed by atoms with Gasteiger partial charge in [0.05, 0.1) is 11.6 Å². The molecule has 6 rings (SSSR count). The topological polar surface area (TPSA) is 45.5 Å². The molecule has 2 atom stereocenters. The lowest BCUT2D eigenvalue weighted by Crippen LogP contribution is -2.26. The summed E-state index contributed by atoms with van der Waals surface area (Å²) in [5, 5.41) is 10.0. The maximum absolute atomic E-state index is 4.92. The standard InChI is InChI=1S/C26H33N5/c1-30-16-19(13-29-30)25-12-18-6-5-9-21(22(18)15-28-25)24-17-31(20-7-3-2-4-8-20)26-10-11-27-14-23(24)26/h5-6,12-13,15,17,19-21,27H,2-4,7-11,14,16H2,1H3. The summed E-state index contributed by atoms with van der Waals surface area (Å²) in [6, 6.07) is 3.00. The summed E-state index contributed by atoms with van der Waals surface area (Å²) >= 11 is 0. The Morgan fingerprint density at radius 2 is 2.03 bits per heavy atom. The Morgan fingerprint density at radius 1 is 1.13 bits per heavy atom. The van der Waals surface area contributed by atoms with Crippen LogP contribution in [0.4, 0.5) is 0 Å². The molecule has 5 heteroatoms. The van der Waals surface area contributed by atoms with Crippen LogP contribution in [-0.2, 0) is 13.0 Å². The number of hydrogen-bond donors (Lipinski definition) is 1. The first kappa shape index (κ1) is 19.3. The van der Waals surface area contributed by atoms with E-state index < -0.39 is 0 Å². The Hall–Kier alpha value is -2.40. The second-order valence-electron chi connectivity index (χ2n) is 9.78. The SMILES string of the molecule is CN1CC(c2cc3c(cn2)C(c2cn(C4CCCCC4)c4c2CNCC4)CC=C3)C=N1. The van der Waals surface area contributed by atoms with Crippen LogP contribution in [0.2, 0.25) is 0 Å². The number of hydrazone groups is 1. The van der Waals surface area contributed by atoms with Crippen LogP contribution in [0.1, 0.15) is 90.0 Å². The lowest BCUT2D eigenvalue weighted by Gasteiger charge is -2.27. The van der Waals surface area contributed by atoms with E-state index in [1.807, 2.05) is 18.3 Å². The van der Waals surface area contributed by atoms with Gasteiger partial charge in [-0.3, -0.25) is 9.99 Å². The summed E-state index contributed by atoms with van der Waals surface area (Å²) < 4.78 is 2.69. The molecule has 0 radical (unpaired) electrons. The third kappa shape index (κ3) is 3.43. The summed E-state index contributed by atoms with van der Waals surface area (Å²) in [6.45, 7) is 3.03. The molecule has 2 aromatic heterocycles. The van der Waals surface area contributed by atoms with Gasteiger partial charge in [0.2, 0.25) is 0 Å². The monoisotopic (exact) mass is 415 g/mol. The largest absolute Gasteiger partial charge is 0.348 e. The van der Waals surface area contributed by atoms with Crippen molar-refractivity contribution in [1.29, 1.82) is 0 Å². The molecule has 0 amide bonds. The maximum Gasteiger partial charge on any atom is 0.0576 e. The van der Waals surface area contributed by atoms with E-state index in [1.165, 1.54) is 48.8 Å². The third-order valence-electron chi connectivity index (χ3n) is 7.79. The summed E-state index contributed by atoms with van der Waals surface area (Å²) in [6.07, 6.45) is 20.5. The molecule has 162 valence electrons. The highest BCUT2D eigenvalue weighted by Gasteiger charge is 2.30. The number of rotatable bonds is 3. The minimum atomic E-state index is 0.299. The summed E-state index contributed by atoms with van der Waals surface area (Å²) in [4.78, 5) is 4.92. The molecule has 0 bridgehead atoms. The van der Waals surface area contributed by atoms with E-state index in [2.05, 4.69) is 45.6 Å². The van der Waals surface area contributed by atoms with E-state index in [-0.39, 0.29) is 0 Å². The molecule has 4 heterocycles. The van der Waals surface area contributed by atoms with Crippen LogP contribution >= 0.6 is 0 Å². The number of nitrogens with zero attached hydrogens (tertiary/aromatic N) is 4. The molecule has 0 saturated heterocycles. The molecule has 31 heavy (non-hydrogen) atoms. The Labute approximate surface area is 185 Å². The smallest absolute Gasteiger partial charge is 0.0576 e. The molecule has 1 fully saturated rings. The van der Waals surface area contributed by atoms with Crippen LogP contribution < -0.4 is 5.32 Å². The van der Waals surface area contributed by atoms with Gasteiger partial charge in [0.1, 0.15) is 0 Å². The number of aromatic nitrogens is 2. The van der Waals surface area contributed by atoms with Crippen molar-refractivity contribution in [1.82, 2.24) is 19.9 Å². The number of allylic oxidation sites excluding steroid dienone is 1. The number of likely N-dealkylation sites (N-methyl/N-ethyl adjacent to an activating group) is 1. The van der Waals surface area contributed by atoms with Crippen molar-refractivity contribution in [3.05, 3.63) is 58.2 Å². The average Bonchev–Trinajstić information content (AvgIpc) is 3.43. The zero-order chi connectivity index (χ0) is 20.8. The molecule has 1 N–H and O–H groups in total. The molecular formula is C26H33N5. The fraction of sp³-hybridized carbons (Fsp3) is 0.538. The van der Waals surface area contributed by atoms with Gasteiger partial charge < -0.3 is 9.88 Å². The lowest BCUT2D eigenvalue weighted by atomic mass is 9.81. The summed E-state index contributed by atoms with van der Waals surface area (Å²) in [7, 11) is 2.03. The zero-order valence-corrected chi connectivity index (χ0v) is 18.6. The molecule has 5 nitrogen and oxygen atoms in total. The predicted octanol–water partition coefficient (Wildman–Crippen LogP) is 4.60. The van der Waals surface area contributed by atoms with Crippen molar-refractivity contribution in [2.45, 2.75) is 69.4 Å². The van der Waals surface area contributed by atoms with Gasteiger partial charge in [0.15, 0.2) is 0 Å². The predicted molar refractivity (Wildman–Crippen MR) is 126 cm³/mol. The van der Waals surface area contributed by atoms with Gasteiger partial charge in [-0.25, -0.2) is 0 Å². The van der Waals surface area contributed by atoms with E-state index in [9.17, 15) is 0 Å². The van der Waals surface area contributed by atoms with Crippen molar-refractivity contribution >= 4 is 12.3 Å². The summed E-state index contributed by atoms with van der Waals surface area (Å²) in [5.41, 5.74) is 8.58. The average molecular weight is 416 g/mol. The quantitative estimate of drug-likeness (QED) is 0.797. The highest BCUT2D eigenvalue weighted by molar-refractivity contribution is 5.70. The van der Waals surface area contributed by atoms with Crippen molar-refractivity contribution < 1.29 is 0 Å². The van der Waals surface area contributed by atoms with E-state index in [4.69, 9.17) is 4.98 Å². The second kappa shape index (κ2) is 7.94. The van der Waals surface area contributed by atoms with Crippen LogP contribution in [-0.4, -0.2) is 40.9 Å².